The predicted molar refractivity (Wildman–Crippen MR) is 108 cm³/mol. The van der Waals surface area contributed by atoms with Crippen molar-refractivity contribution < 1.29 is 9.59 Å². The van der Waals surface area contributed by atoms with E-state index in [1.807, 2.05) is 25.7 Å². The Balaban J connectivity index is 0.00000529. The molecule has 140 valence electrons. The van der Waals surface area contributed by atoms with Gasteiger partial charge in [0.1, 0.15) is 6.54 Å². The molecular weight excluding hydrogens is 421 g/mol. The maximum absolute atomic E-state index is 12.0. The normalized spacial score (nSPS) is 15.5. The summed E-state index contributed by atoms with van der Waals surface area (Å²) in [7, 11) is 0. The van der Waals surface area contributed by atoms with E-state index < -0.39 is 0 Å². The molecule has 7 nitrogen and oxygen atoms in total. The molecule has 2 amide bonds. The van der Waals surface area contributed by atoms with Crippen LogP contribution in [-0.4, -0.2) is 61.4 Å². The van der Waals surface area contributed by atoms with Gasteiger partial charge in [-0.05, 0) is 33.1 Å². The lowest BCUT2D eigenvalue weighted by Gasteiger charge is -2.15. The molecule has 0 aromatic carbocycles. The Labute approximate surface area is 162 Å². The molecule has 0 aromatic rings. The molecule has 1 rings (SSSR count). The Morgan fingerprint density at radius 2 is 1.83 bits per heavy atom. The zero-order chi connectivity index (χ0) is 17.1. The van der Waals surface area contributed by atoms with Crippen LogP contribution in [-0.2, 0) is 9.59 Å². The summed E-state index contributed by atoms with van der Waals surface area (Å²) in [6.45, 7) is 9.03. The first kappa shape index (κ1) is 22.9. The van der Waals surface area contributed by atoms with Gasteiger partial charge in [-0.25, -0.2) is 4.99 Å². The molecule has 8 heteroatoms. The molecule has 1 fully saturated rings. The fraction of sp³-hybridized carbons (Fsp3) is 0.812. The number of nitrogens with zero attached hydrogens (tertiary/aromatic N) is 2. The van der Waals surface area contributed by atoms with Crippen LogP contribution in [0.15, 0.2) is 4.99 Å². The van der Waals surface area contributed by atoms with E-state index >= 15 is 0 Å². The summed E-state index contributed by atoms with van der Waals surface area (Å²) in [5.41, 5.74) is 0. The molecule has 1 aliphatic heterocycles. The predicted octanol–water partition coefficient (Wildman–Crippen LogP) is 1.09. The zero-order valence-electron chi connectivity index (χ0n) is 15.1. The third-order valence-corrected chi connectivity index (χ3v) is 3.84. The highest BCUT2D eigenvalue weighted by atomic mass is 127. The number of carbonyl (C=O) groups excluding carboxylic acids is 2. The van der Waals surface area contributed by atoms with Crippen molar-refractivity contribution in [1.82, 2.24) is 20.9 Å². The number of rotatable bonds is 8. The van der Waals surface area contributed by atoms with Crippen LogP contribution in [0.3, 0.4) is 0 Å². The van der Waals surface area contributed by atoms with Gasteiger partial charge in [-0.2, -0.15) is 0 Å². The van der Waals surface area contributed by atoms with Gasteiger partial charge in [0, 0.05) is 38.6 Å². The minimum Gasteiger partial charge on any atom is -0.357 e. The number of amides is 2. The van der Waals surface area contributed by atoms with Gasteiger partial charge in [0.05, 0.1) is 0 Å². The number of carbonyl (C=O) groups is 2. The lowest BCUT2D eigenvalue weighted by atomic mass is 10.2. The Kier molecular flexibility index (Phi) is 12.7. The molecule has 1 saturated heterocycles. The van der Waals surface area contributed by atoms with Gasteiger partial charge < -0.3 is 20.9 Å². The second kappa shape index (κ2) is 13.3. The van der Waals surface area contributed by atoms with Gasteiger partial charge in [-0.15, -0.1) is 24.0 Å². The molecule has 0 radical (unpaired) electrons. The summed E-state index contributed by atoms with van der Waals surface area (Å²) in [6, 6.07) is 0.197. The van der Waals surface area contributed by atoms with Gasteiger partial charge in [0.15, 0.2) is 5.96 Å². The van der Waals surface area contributed by atoms with E-state index in [-0.39, 0.29) is 48.4 Å². The Bertz CT molecular complexity index is 411. The molecule has 0 aliphatic carbocycles. The topological polar surface area (TPSA) is 85.8 Å². The minimum atomic E-state index is 0. The highest BCUT2D eigenvalue weighted by Gasteiger charge is 2.17. The van der Waals surface area contributed by atoms with Gasteiger partial charge in [-0.1, -0.05) is 6.92 Å². The van der Waals surface area contributed by atoms with Crippen molar-refractivity contribution in [2.45, 2.75) is 52.5 Å². The van der Waals surface area contributed by atoms with Crippen LogP contribution in [0.4, 0.5) is 0 Å². The maximum Gasteiger partial charge on any atom is 0.244 e. The van der Waals surface area contributed by atoms with E-state index in [1.54, 1.807) is 0 Å². The van der Waals surface area contributed by atoms with E-state index in [2.05, 4.69) is 20.9 Å². The fourth-order valence-electron chi connectivity index (χ4n) is 2.30. The SMILES string of the molecule is CCNC(=NCC(=O)N1CCCC1)NCCC(=O)NC(C)CC.I. The van der Waals surface area contributed by atoms with Crippen LogP contribution >= 0.6 is 24.0 Å². The van der Waals surface area contributed by atoms with Crippen LogP contribution in [0.1, 0.15) is 46.5 Å². The van der Waals surface area contributed by atoms with Crippen LogP contribution in [0.5, 0.6) is 0 Å². The molecule has 0 aromatic heterocycles. The monoisotopic (exact) mass is 453 g/mol. The number of halogens is 1. The van der Waals surface area contributed by atoms with E-state index in [0.717, 1.165) is 32.4 Å². The number of guanidine groups is 1. The third-order valence-electron chi connectivity index (χ3n) is 3.84. The zero-order valence-corrected chi connectivity index (χ0v) is 17.4. The molecule has 3 N–H and O–H groups in total. The molecule has 0 spiro atoms. The van der Waals surface area contributed by atoms with Gasteiger partial charge in [-0.3, -0.25) is 9.59 Å². The summed E-state index contributed by atoms with van der Waals surface area (Å²) in [4.78, 5) is 29.9. The quantitative estimate of drug-likeness (QED) is 0.292. The molecular formula is C16H32IN5O2. The number of hydrogen-bond acceptors (Lipinski definition) is 3. The molecule has 24 heavy (non-hydrogen) atoms. The van der Waals surface area contributed by atoms with Gasteiger partial charge in [0.25, 0.3) is 0 Å². The molecule has 1 unspecified atom stereocenters. The first-order valence-electron chi connectivity index (χ1n) is 8.66. The van der Waals surface area contributed by atoms with Crippen molar-refractivity contribution >= 4 is 41.8 Å². The number of nitrogens with one attached hydrogen (secondary N) is 3. The van der Waals surface area contributed by atoms with Crippen molar-refractivity contribution in [2.75, 3.05) is 32.7 Å². The van der Waals surface area contributed by atoms with Crippen LogP contribution in [0.25, 0.3) is 0 Å². The summed E-state index contributed by atoms with van der Waals surface area (Å²) in [5.74, 6) is 0.668. The average Bonchev–Trinajstić information content (AvgIpc) is 3.06. The first-order chi connectivity index (χ1) is 11.1. The molecule has 0 bridgehead atoms. The van der Waals surface area contributed by atoms with Gasteiger partial charge in [0.2, 0.25) is 11.8 Å². The maximum atomic E-state index is 12.0. The Morgan fingerprint density at radius 1 is 1.17 bits per heavy atom. The van der Waals surface area contributed by atoms with E-state index in [9.17, 15) is 9.59 Å². The molecule has 0 saturated carbocycles. The lowest BCUT2D eigenvalue weighted by molar-refractivity contribution is -0.128. The Morgan fingerprint density at radius 3 is 2.42 bits per heavy atom. The van der Waals surface area contributed by atoms with Crippen molar-refractivity contribution in [3.05, 3.63) is 0 Å². The fourth-order valence-corrected chi connectivity index (χ4v) is 2.30. The van der Waals surface area contributed by atoms with E-state index in [0.29, 0.717) is 25.5 Å². The highest BCUT2D eigenvalue weighted by Crippen LogP contribution is 2.07. The summed E-state index contributed by atoms with van der Waals surface area (Å²) < 4.78 is 0. The van der Waals surface area contributed by atoms with E-state index in [1.165, 1.54) is 0 Å². The average molecular weight is 453 g/mol. The van der Waals surface area contributed by atoms with Crippen molar-refractivity contribution in [2.24, 2.45) is 4.99 Å². The van der Waals surface area contributed by atoms with Crippen molar-refractivity contribution in [3.8, 4) is 0 Å². The van der Waals surface area contributed by atoms with Crippen molar-refractivity contribution in [1.29, 1.82) is 0 Å². The van der Waals surface area contributed by atoms with E-state index in [4.69, 9.17) is 0 Å². The highest BCUT2D eigenvalue weighted by molar-refractivity contribution is 14.0. The van der Waals surface area contributed by atoms with Crippen LogP contribution in [0.2, 0.25) is 0 Å². The van der Waals surface area contributed by atoms with Crippen LogP contribution in [0, 0.1) is 0 Å². The molecule has 1 atom stereocenters. The smallest absolute Gasteiger partial charge is 0.244 e. The second-order valence-corrected chi connectivity index (χ2v) is 5.84. The summed E-state index contributed by atoms with van der Waals surface area (Å²) in [6.07, 6.45) is 3.47. The second-order valence-electron chi connectivity index (χ2n) is 5.84. The first-order valence-corrected chi connectivity index (χ1v) is 8.66. The number of aliphatic imine (C=N–C) groups is 1. The molecule has 1 aliphatic rings. The standard InChI is InChI=1S/C16H31N5O2.HI/c1-4-13(3)20-14(22)8-9-18-16(17-5-2)19-12-15(23)21-10-6-7-11-21;/h13H,4-12H2,1-3H3,(H,20,22)(H2,17,18,19);1H. The number of likely N-dealkylation sites (tertiary alicyclic amines) is 1. The lowest BCUT2D eigenvalue weighted by Crippen LogP contribution is -2.41. The van der Waals surface area contributed by atoms with Crippen LogP contribution < -0.4 is 16.0 Å². The van der Waals surface area contributed by atoms with Gasteiger partial charge >= 0.3 is 0 Å². The molecule has 1 heterocycles. The Hall–Kier alpha value is -1.06. The summed E-state index contributed by atoms with van der Waals surface area (Å²) in [5, 5.41) is 9.11. The third kappa shape index (κ3) is 9.29. The minimum absolute atomic E-state index is 0. The number of hydrogen-bond donors (Lipinski definition) is 3. The van der Waals surface area contributed by atoms with Crippen molar-refractivity contribution in [3.63, 3.8) is 0 Å². The summed E-state index contributed by atoms with van der Waals surface area (Å²) >= 11 is 0. The largest absolute Gasteiger partial charge is 0.357 e.